The summed E-state index contributed by atoms with van der Waals surface area (Å²) in [5.41, 5.74) is 0. The minimum absolute atomic E-state index is 0.0317. The first-order valence-corrected chi connectivity index (χ1v) is 6.30. The molecule has 0 saturated heterocycles. The summed E-state index contributed by atoms with van der Waals surface area (Å²) in [6, 6.07) is 0. The summed E-state index contributed by atoms with van der Waals surface area (Å²) in [7, 11) is 0. The van der Waals surface area contributed by atoms with Gasteiger partial charge in [-0.25, -0.2) is 0 Å². The van der Waals surface area contributed by atoms with Crippen molar-refractivity contribution in [3.8, 4) is 0 Å². The number of aliphatic carboxylic acids is 1. The topological polar surface area (TPSA) is 66.4 Å². The first-order valence-electron chi connectivity index (χ1n) is 6.30. The number of carboxylic acid groups (broad SMARTS) is 1. The van der Waals surface area contributed by atoms with Gasteiger partial charge < -0.3 is 10.4 Å². The van der Waals surface area contributed by atoms with Crippen molar-refractivity contribution >= 4 is 11.9 Å². The quantitative estimate of drug-likeness (QED) is 0.830. The summed E-state index contributed by atoms with van der Waals surface area (Å²) in [6.45, 7) is 1.25. The van der Waals surface area contributed by atoms with Crippen LogP contribution < -0.4 is 5.32 Å². The van der Waals surface area contributed by atoms with Crippen LogP contribution in [-0.4, -0.2) is 29.7 Å². The van der Waals surface area contributed by atoms with Crippen LogP contribution in [0, 0.1) is 17.8 Å². The third-order valence-electron chi connectivity index (χ3n) is 3.53. The summed E-state index contributed by atoms with van der Waals surface area (Å²) in [5.74, 6) is -5.28. The van der Waals surface area contributed by atoms with Crippen molar-refractivity contribution in [2.45, 2.75) is 38.8 Å². The van der Waals surface area contributed by atoms with E-state index in [1.807, 2.05) is 0 Å². The van der Waals surface area contributed by atoms with Gasteiger partial charge in [-0.15, -0.1) is 0 Å². The van der Waals surface area contributed by atoms with E-state index in [4.69, 9.17) is 5.11 Å². The average molecular weight is 281 g/mol. The highest BCUT2D eigenvalue weighted by Crippen LogP contribution is 2.41. The van der Waals surface area contributed by atoms with Gasteiger partial charge in [0.2, 0.25) is 5.91 Å². The molecule has 3 atom stereocenters. The molecule has 2 N–H and O–H groups in total. The summed E-state index contributed by atoms with van der Waals surface area (Å²) in [4.78, 5) is 22.4. The van der Waals surface area contributed by atoms with Crippen LogP contribution in [0.15, 0.2) is 0 Å². The van der Waals surface area contributed by atoms with E-state index in [9.17, 15) is 22.8 Å². The molecule has 0 bridgehead atoms. The van der Waals surface area contributed by atoms with Gasteiger partial charge in [0, 0.05) is 12.5 Å². The summed E-state index contributed by atoms with van der Waals surface area (Å²) < 4.78 is 38.4. The number of nitrogens with one attached hydrogen (secondary N) is 1. The molecular weight excluding hydrogens is 263 g/mol. The third kappa shape index (κ3) is 4.40. The number of alkyl halides is 3. The Balaban J connectivity index is 2.60. The summed E-state index contributed by atoms with van der Waals surface area (Å²) in [5, 5.41) is 11.0. The van der Waals surface area contributed by atoms with Gasteiger partial charge in [0.1, 0.15) is 0 Å². The molecule has 19 heavy (non-hydrogen) atoms. The Labute approximate surface area is 109 Å². The Morgan fingerprint density at radius 1 is 1.32 bits per heavy atom. The molecule has 0 radical (unpaired) electrons. The normalized spacial score (nSPS) is 25.7. The third-order valence-corrected chi connectivity index (χ3v) is 3.53. The summed E-state index contributed by atoms with van der Waals surface area (Å²) in [6.07, 6.45) is -3.13. The van der Waals surface area contributed by atoms with E-state index < -0.39 is 35.8 Å². The fourth-order valence-corrected chi connectivity index (χ4v) is 2.31. The Kier molecular flexibility index (Phi) is 5.20. The predicted octanol–water partition coefficient (Wildman–Crippen LogP) is 2.19. The standard InChI is InChI=1S/C12H18F3NO3/c1-7(11(18)19)6-16-10(17)8-4-2-3-5-9(8)12(13,14)15/h7-9H,2-6H2,1H3,(H,16,17)(H,18,19)/t7-,8+,9+/m1/s1. The smallest absolute Gasteiger partial charge is 0.392 e. The highest BCUT2D eigenvalue weighted by atomic mass is 19.4. The highest BCUT2D eigenvalue weighted by molar-refractivity contribution is 5.80. The van der Waals surface area contributed by atoms with Crippen molar-refractivity contribution in [2.24, 2.45) is 17.8 Å². The number of hydrogen-bond donors (Lipinski definition) is 2. The van der Waals surface area contributed by atoms with E-state index in [2.05, 4.69) is 5.32 Å². The Bertz CT molecular complexity index is 344. The molecule has 0 aromatic carbocycles. The lowest BCUT2D eigenvalue weighted by Gasteiger charge is -2.32. The molecule has 4 nitrogen and oxygen atoms in total. The number of carboxylic acids is 1. The van der Waals surface area contributed by atoms with Crippen molar-refractivity contribution in [1.29, 1.82) is 0 Å². The van der Waals surface area contributed by atoms with Crippen LogP contribution in [-0.2, 0) is 9.59 Å². The van der Waals surface area contributed by atoms with Gasteiger partial charge in [0.15, 0.2) is 0 Å². The van der Waals surface area contributed by atoms with Crippen molar-refractivity contribution in [1.82, 2.24) is 5.32 Å². The Morgan fingerprint density at radius 2 is 1.89 bits per heavy atom. The molecule has 0 aromatic rings. The molecule has 110 valence electrons. The molecule has 0 aliphatic heterocycles. The van der Waals surface area contributed by atoms with Crippen LogP contribution in [0.2, 0.25) is 0 Å². The number of carbonyl (C=O) groups is 2. The fourth-order valence-electron chi connectivity index (χ4n) is 2.31. The molecule has 1 aliphatic rings. The maximum Gasteiger partial charge on any atom is 0.392 e. The Hall–Kier alpha value is -1.27. The van der Waals surface area contributed by atoms with Gasteiger partial charge in [-0.3, -0.25) is 9.59 Å². The molecular formula is C12H18F3NO3. The van der Waals surface area contributed by atoms with Crippen molar-refractivity contribution in [2.75, 3.05) is 6.54 Å². The fraction of sp³-hybridized carbons (Fsp3) is 0.833. The number of rotatable bonds is 4. The number of amides is 1. The minimum Gasteiger partial charge on any atom is -0.481 e. The van der Waals surface area contributed by atoms with Crippen LogP contribution in [0.3, 0.4) is 0 Å². The highest BCUT2D eigenvalue weighted by Gasteiger charge is 2.47. The minimum atomic E-state index is -4.37. The van der Waals surface area contributed by atoms with Crippen LogP contribution in [0.1, 0.15) is 32.6 Å². The first-order chi connectivity index (χ1) is 8.73. The monoisotopic (exact) mass is 281 g/mol. The van der Waals surface area contributed by atoms with Gasteiger partial charge in [-0.05, 0) is 12.8 Å². The van der Waals surface area contributed by atoms with E-state index in [-0.39, 0.29) is 19.4 Å². The summed E-state index contributed by atoms with van der Waals surface area (Å²) >= 11 is 0. The van der Waals surface area contributed by atoms with E-state index in [0.717, 1.165) is 0 Å². The second-order valence-electron chi connectivity index (χ2n) is 5.02. The number of hydrogen-bond acceptors (Lipinski definition) is 2. The number of carbonyl (C=O) groups excluding carboxylic acids is 1. The van der Waals surface area contributed by atoms with Crippen LogP contribution >= 0.6 is 0 Å². The van der Waals surface area contributed by atoms with E-state index in [1.54, 1.807) is 0 Å². The molecule has 1 fully saturated rings. The molecule has 1 rings (SSSR count). The van der Waals surface area contributed by atoms with Gasteiger partial charge in [0.05, 0.1) is 11.8 Å². The van der Waals surface area contributed by atoms with Crippen LogP contribution in [0.25, 0.3) is 0 Å². The molecule has 0 heterocycles. The maximum atomic E-state index is 12.8. The molecule has 0 unspecified atom stereocenters. The molecule has 7 heteroatoms. The lowest BCUT2D eigenvalue weighted by molar-refractivity contribution is -0.198. The van der Waals surface area contributed by atoms with Crippen molar-refractivity contribution in [3.05, 3.63) is 0 Å². The van der Waals surface area contributed by atoms with E-state index in [0.29, 0.717) is 12.8 Å². The van der Waals surface area contributed by atoms with E-state index in [1.165, 1.54) is 6.92 Å². The van der Waals surface area contributed by atoms with Gasteiger partial charge in [0.25, 0.3) is 0 Å². The predicted molar refractivity (Wildman–Crippen MR) is 61.3 cm³/mol. The average Bonchev–Trinajstić information content (AvgIpc) is 2.34. The van der Waals surface area contributed by atoms with Gasteiger partial charge in [-0.2, -0.15) is 13.2 Å². The first kappa shape index (κ1) is 15.8. The molecule has 0 aromatic heterocycles. The van der Waals surface area contributed by atoms with Gasteiger partial charge in [-0.1, -0.05) is 19.8 Å². The second kappa shape index (κ2) is 6.25. The lowest BCUT2D eigenvalue weighted by atomic mass is 9.78. The van der Waals surface area contributed by atoms with Crippen LogP contribution in [0.4, 0.5) is 13.2 Å². The maximum absolute atomic E-state index is 12.8. The Morgan fingerprint density at radius 3 is 2.42 bits per heavy atom. The van der Waals surface area contributed by atoms with Gasteiger partial charge >= 0.3 is 12.1 Å². The molecule has 1 aliphatic carbocycles. The number of halogens is 3. The molecule has 1 saturated carbocycles. The lowest BCUT2D eigenvalue weighted by Crippen LogP contribution is -2.44. The van der Waals surface area contributed by atoms with Crippen LogP contribution in [0.5, 0.6) is 0 Å². The molecule has 0 spiro atoms. The largest absolute Gasteiger partial charge is 0.481 e. The zero-order valence-corrected chi connectivity index (χ0v) is 10.7. The zero-order valence-electron chi connectivity index (χ0n) is 10.7. The zero-order chi connectivity index (χ0) is 14.6. The SMILES string of the molecule is C[C@H](CNC(=O)[C@H]1CCCC[C@@H]1C(F)(F)F)C(=O)O. The molecule has 1 amide bonds. The second-order valence-corrected chi connectivity index (χ2v) is 5.02. The van der Waals surface area contributed by atoms with Crippen molar-refractivity contribution in [3.63, 3.8) is 0 Å². The van der Waals surface area contributed by atoms with E-state index >= 15 is 0 Å². The van der Waals surface area contributed by atoms with Crippen molar-refractivity contribution < 1.29 is 27.9 Å².